The van der Waals surface area contributed by atoms with E-state index < -0.39 is 5.91 Å². The molecule has 0 saturated carbocycles. The molecule has 2 aromatic carbocycles. The van der Waals surface area contributed by atoms with Crippen molar-refractivity contribution >= 4 is 11.8 Å². The lowest BCUT2D eigenvalue weighted by molar-refractivity contribution is -0.123. The van der Waals surface area contributed by atoms with Gasteiger partial charge in [-0.15, -0.1) is 0 Å². The largest absolute Gasteiger partial charge is 0.484 e. The highest BCUT2D eigenvalue weighted by Crippen LogP contribution is 2.13. The zero-order valence-corrected chi connectivity index (χ0v) is 14.2. The number of aryl methyl sites for hydroxylation is 3. The van der Waals surface area contributed by atoms with Crippen molar-refractivity contribution in [2.45, 2.75) is 27.2 Å². The number of carbonyl (C=O) groups excluding carboxylic acids is 2. The molecule has 24 heavy (non-hydrogen) atoms. The van der Waals surface area contributed by atoms with E-state index in [9.17, 15) is 9.59 Å². The van der Waals surface area contributed by atoms with E-state index in [1.54, 1.807) is 12.1 Å². The topological polar surface area (TPSA) is 67.4 Å². The minimum atomic E-state index is -0.421. The highest BCUT2D eigenvalue weighted by atomic mass is 16.5. The van der Waals surface area contributed by atoms with E-state index in [1.807, 2.05) is 44.2 Å². The molecule has 2 amide bonds. The summed E-state index contributed by atoms with van der Waals surface area (Å²) in [5.41, 5.74) is 8.35. The molecule has 2 aromatic rings. The molecule has 0 heterocycles. The molecule has 0 radical (unpaired) electrons. The number of ether oxygens (including phenoxy) is 1. The average molecular weight is 326 g/mol. The standard InChI is InChI=1S/C19H22N2O3/c1-4-15-6-5-7-16(11-15)24-12-18(22)20-21-19(23)17-9-8-13(2)10-14(17)3/h5-11H,4,12H2,1-3H3,(H,20,22)(H,21,23). The first-order chi connectivity index (χ1) is 11.5. The first kappa shape index (κ1) is 17.5. The van der Waals surface area contributed by atoms with Gasteiger partial charge in [-0.25, -0.2) is 0 Å². The lowest BCUT2D eigenvalue weighted by atomic mass is 10.1. The summed E-state index contributed by atoms with van der Waals surface area (Å²) in [6.45, 7) is 5.70. The van der Waals surface area contributed by atoms with Gasteiger partial charge in [0, 0.05) is 5.56 Å². The van der Waals surface area contributed by atoms with Gasteiger partial charge in [-0.2, -0.15) is 0 Å². The number of amides is 2. The van der Waals surface area contributed by atoms with Crippen LogP contribution in [0.3, 0.4) is 0 Å². The van der Waals surface area contributed by atoms with Gasteiger partial charge in [-0.05, 0) is 49.6 Å². The maximum absolute atomic E-state index is 12.1. The van der Waals surface area contributed by atoms with E-state index in [2.05, 4.69) is 17.8 Å². The van der Waals surface area contributed by atoms with Gasteiger partial charge in [0.2, 0.25) is 0 Å². The SMILES string of the molecule is CCc1cccc(OCC(=O)NNC(=O)c2ccc(C)cc2C)c1. The van der Waals surface area contributed by atoms with E-state index in [0.29, 0.717) is 11.3 Å². The Hall–Kier alpha value is -2.82. The molecule has 0 aliphatic rings. The van der Waals surface area contributed by atoms with Gasteiger partial charge in [0.1, 0.15) is 5.75 Å². The van der Waals surface area contributed by atoms with E-state index in [1.165, 1.54) is 0 Å². The van der Waals surface area contributed by atoms with E-state index >= 15 is 0 Å². The van der Waals surface area contributed by atoms with Crippen LogP contribution in [-0.4, -0.2) is 18.4 Å². The zero-order valence-electron chi connectivity index (χ0n) is 14.2. The van der Waals surface area contributed by atoms with Gasteiger partial charge in [0.05, 0.1) is 0 Å². The Labute approximate surface area is 142 Å². The van der Waals surface area contributed by atoms with Gasteiger partial charge in [0.15, 0.2) is 6.61 Å². The summed E-state index contributed by atoms with van der Waals surface area (Å²) in [6.07, 6.45) is 0.898. The number of hydrogen-bond acceptors (Lipinski definition) is 3. The van der Waals surface area contributed by atoms with E-state index in [-0.39, 0.29) is 12.5 Å². The summed E-state index contributed by atoms with van der Waals surface area (Å²) in [5.74, 6) is -0.144. The fourth-order valence-corrected chi connectivity index (χ4v) is 2.30. The molecule has 0 aromatic heterocycles. The minimum absolute atomic E-state index is 0.166. The summed E-state index contributed by atoms with van der Waals surface area (Å²) >= 11 is 0. The van der Waals surface area contributed by atoms with Crippen molar-refractivity contribution in [3.05, 3.63) is 64.7 Å². The molecule has 0 unspecified atom stereocenters. The van der Waals surface area contributed by atoms with Crippen LogP contribution < -0.4 is 15.6 Å². The first-order valence-corrected chi connectivity index (χ1v) is 7.87. The molecule has 0 spiro atoms. The van der Waals surface area contributed by atoms with Crippen molar-refractivity contribution in [3.63, 3.8) is 0 Å². The fraction of sp³-hybridized carbons (Fsp3) is 0.263. The van der Waals surface area contributed by atoms with Gasteiger partial charge in [0.25, 0.3) is 11.8 Å². The Balaban J connectivity index is 1.83. The summed E-state index contributed by atoms with van der Waals surface area (Å²) < 4.78 is 5.42. The van der Waals surface area contributed by atoms with Crippen LogP contribution in [0, 0.1) is 13.8 Å². The molecule has 2 rings (SSSR count). The molecule has 5 nitrogen and oxygen atoms in total. The first-order valence-electron chi connectivity index (χ1n) is 7.87. The molecule has 0 aliphatic heterocycles. The molecule has 5 heteroatoms. The van der Waals surface area contributed by atoms with Gasteiger partial charge in [-0.3, -0.25) is 20.4 Å². The Morgan fingerprint density at radius 2 is 1.83 bits per heavy atom. The van der Waals surface area contributed by atoms with Crippen molar-refractivity contribution in [3.8, 4) is 5.75 Å². The minimum Gasteiger partial charge on any atom is -0.484 e. The second kappa shape index (κ2) is 8.15. The predicted molar refractivity (Wildman–Crippen MR) is 92.8 cm³/mol. The summed E-state index contributed by atoms with van der Waals surface area (Å²) in [4.78, 5) is 23.9. The van der Waals surface area contributed by atoms with Crippen molar-refractivity contribution in [1.29, 1.82) is 0 Å². The highest BCUT2D eigenvalue weighted by Gasteiger charge is 2.10. The van der Waals surface area contributed by atoms with Crippen LogP contribution in [0.5, 0.6) is 5.75 Å². The molecule has 0 atom stereocenters. The smallest absolute Gasteiger partial charge is 0.276 e. The normalized spacial score (nSPS) is 10.1. The lowest BCUT2D eigenvalue weighted by Gasteiger charge is -2.11. The molecule has 126 valence electrons. The monoisotopic (exact) mass is 326 g/mol. The second-order valence-electron chi connectivity index (χ2n) is 5.61. The Morgan fingerprint density at radius 3 is 2.54 bits per heavy atom. The Bertz CT molecular complexity index is 741. The second-order valence-corrected chi connectivity index (χ2v) is 5.61. The molecule has 2 N–H and O–H groups in total. The van der Waals surface area contributed by atoms with Crippen molar-refractivity contribution < 1.29 is 14.3 Å². The van der Waals surface area contributed by atoms with Crippen molar-refractivity contribution in [1.82, 2.24) is 10.9 Å². The molecule has 0 saturated heterocycles. The van der Waals surface area contributed by atoms with Crippen LogP contribution in [0.4, 0.5) is 0 Å². The molecule has 0 bridgehead atoms. The number of nitrogens with one attached hydrogen (secondary N) is 2. The van der Waals surface area contributed by atoms with Crippen LogP contribution in [-0.2, 0) is 11.2 Å². The van der Waals surface area contributed by atoms with Gasteiger partial charge < -0.3 is 4.74 Å². The molecule has 0 aliphatic carbocycles. The molecular weight excluding hydrogens is 304 g/mol. The zero-order chi connectivity index (χ0) is 17.5. The maximum atomic E-state index is 12.1. The number of hydrogen-bond donors (Lipinski definition) is 2. The van der Waals surface area contributed by atoms with Gasteiger partial charge >= 0.3 is 0 Å². The predicted octanol–water partition coefficient (Wildman–Crippen LogP) is 2.71. The Morgan fingerprint density at radius 1 is 1.04 bits per heavy atom. The van der Waals surface area contributed by atoms with E-state index in [4.69, 9.17) is 4.74 Å². The lowest BCUT2D eigenvalue weighted by Crippen LogP contribution is -2.44. The van der Waals surface area contributed by atoms with Crippen LogP contribution in [0.25, 0.3) is 0 Å². The number of rotatable bonds is 5. The quantitative estimate of drug-likeness (QED) is 0.830. The summed E-state index contributed by atoms with van der Waals surface area (Å²) in [7, 11) is 0. The van der Waals surface area contributed by atoms with Crippen LogP contribution >= 0.6 is 0 Å². The number of carbonyl (C=O) groups is 2. The third-order valence-electron chi connectivity index (χ3n) is 3.62. The Kier molecular flexibility index (Phi) is 5.95. The third-order valence-corrected chi connectivity index (χ3v) is 3.62. The molecular formula is C19H22N2O3. The van der Waals surface area contributed by atoms with Gasteiger partial charge in [-0.1, -0.05) is 36.8 Å². The maximum Gasteiger partial charge on any atom is 0.276 e. The fourth-order valence-electron chi connectivity index (χ4n) is 2.30. The van der Waals surface area contributed by atoms with Crippen LogP contribution in [0.15, 0.2) is 42.5 Å². The average Bonchev–Trinajstić information content (AvgIpc) is 2.58. The highest BCUT2D eigenvalue weighted by molar-refractivity contribution is 5.96. The van der Waals surface area contributed by atoms with Crippen molar-refractivity contribution in [2.24, 2.45) is 0 Å². The molecule has 0 fully saturated rings. The van der Waals surface area contributed by atoms with Crippen molar-refractivity contribution in [2.75, 3.05) is 6.61 Å². The summed E-state index contributed by atoms with van der Waals surface area (Å²) in [5, 5.41) is 0. The summed E-state index contributed by atoms with van der Waals surface area (Å²) in [6, 6.07) is 13.1. The van der Waals surface area contributed by atoms with Crippen LogP contribution in [0.1, 0.15) is 34.0 Å². The number of benzene rings is 2. The third kappa shape index (κ3) is 4.84. The van der Waals surface area contributed by atoms with E-state index in [0.717, 1.165) is 23.1 Å². The number of hydrazine groups is 1. The van der Waals surface area contributed by atoms with Crippen LogP contribution in [0.2, 0.25) is 0 Å².